The lowest BCUT2D eigenvalue weighted by Crippen LogP contribution is -2.38. The molecule has 94 valence electrons. The fourth-order valence-corrected chi connectivity index (χ4v) is 2.49. The Hall–Kier alpha value is -1.04. The summed E-state index contributed by atoms with van der Waals surface area (Å²) in [5, 5.41) is -0.316. The Morgan fingerprint density at radius 2 is 2.00 bits per heavy atom. The van der Waals surface area contributed by atoms with E-state index in [4.69, 9.17) is 11.6 Å². The van der Waals surface area contributed by atoms with Gasteiger partial charge in [-0.1, -0.05) is 30.3 Å². The molecule has 0 heterocycles. The van der Waals surface area contributed by atoms with Gasteiger partial charge in [-0.15, -0.1) is 11.8 Å². The van der Waals surface area contributed by atoms with Gasteiger partial charge in [0.1, 0.15) is 5.25 Å². The second-order valence-corrected chi connectivity index (χ2v) is 5.69. The van der Waals surface area contributed by atoms with E-state index in [0.29, 0.717) is 5.75 Å². The van der Waals surface area contributed by atoms with E-state index < -0.39 is 0 Å². The van der Waals surface area contributed by atoms with Crippen LogP contribution >= 0.6 is 11.8 Å². The maximum Gasteiger partial charge on any atom is 0.251 e. The first-order chi connectivity index (χ1) is 7.94. The normalized spacial score (nSPS) is 13.2. The van der Waals surface area contributed by atoms with Gasteiger partial charge in [-0.25, -0.2) is 5.84 Å². The lowest BCUT2D eigenvalue weighted by atomic mass is 10.1. The molecule has 5 heteroatoms. The summed E-state index contributed by atoms with van der Waals surface area (Å²) in [6, 6.07) is 9.55. The summed E-state index contributed by atoms with van der Waals surface area (Å²) in [4.78, 5) is 11.7. The van der Waals surface area contributed by atoms with Crippen molar-refractivity contribution in [1.82, 2.24) is 5.43 Å². The molecule has 1 amide bonds. The molecule has 1 atom stereocenters. The van der Waals surface area contributed by atoms with Crippen molar-refractivity contribution in [2.75, 3.05) is 5.75 Å². The van der Waals surface area contributed by atoms with Gasteiger partial charge >= 0.3 is 0 Å². The number of carbonyl (C=O) groups is 1. The van der Waals surface area contributed by atoms with E-state index in [9.17, 15) is 4.79 Å². The lowest BCUT2D eigenvalue weighted by molar-refractivity contribution is -0.120. The monoisotopic (exact) mass is 253 g/mol. The minimum atomic E-state index is -0.316. The Balaban J connectivity index is 2.79. The fraction of sp³-hybridized carbons (Fsp3) is 0.417. The van der Waals surface area contributed by atoms with E-state index in [1.165, 1.54) is 11.8 Å². The largest absolute Gasteiger partial charge is 0.325 e. The number of thioether (sulfide) groups is 1. The molecule has 0 saturated heterocycles. The molecule has 5 N–H and O–H groups in total. The molecule has 17 heavy (non-hydrogen) atoms. The lowest BCUT2D eigenvalue weighted by Gasteiger charge is -2.22. The number of carbonyl (C=O) groups excluding carboxylic acids is 1. The van der Waals surface area contributed by atoms with E-state index >= 15 is 0 Å². The highest BCUT2D eigenvalue weighted by molar-refractivity contribution is 8.00. The van der Waals surface area contributed by atoms with Gasteiger partial charge in [0.25, 0.3) is 5.91 Å². The number of hydrazine groups is 1. The van der Waals surface area contributed by atoms with Gasteiger partial charge in [0.2, 0.25) is 0 Å². The minimum Gasteiger partial charge on any atom is -0.325 e. The number of rotatable bonds is 5. The van der Waals surface area contributed by atoms with Crippen molar-refractivity contribution in [3.63, 3.8) is 0 Å². The van der Waals surface area contributed by atoms with Crippen LogP contribution in [-0.4, -0.2) is 17.2 Å². The second kappa shape index (κ2) is 6.05. The zero-order valence-corrected chi connectivity index (χ0v) is 11.0. The molecular formula is C12H19N3OS. The summed E-state index contributed by atoms with van der Waals surface area (Å²) in [6.45, 7) is 3.87. The number of nitrogens with one attached hydrogen (secondary N) is 1. The standard InChI is InChI=1S/C12H19N3OS/c1-12(2,13)8-17-10(11(16)15-14)9-6-4-3-5-7-9/h3-7,10H,8,13-14H2,1-2H3,(H,15,16). The molecule has 0 saturated carbocycles. The number of hydrogen-bond donors (Lipinski definition) is 3. The first kappa shape index (κ1) is 14.0. The topological polar surface area (TPSA) is 81.1 Å². The van der Waals surface area contributed by atoms with E-state index in [-0.39, 0.29) is 16.7 Å². The van der Waals surface area contributed by atoms with Crippen molar-refractivity contribution in [1.29, 1.82) is 0 Å². The van der Waals surface area contributed by atoms with Gasteiger partial charge in [-0.05, 0) is 19.4 Å². The SMILES string of the molecule is CC(C)(N)CSC(C(=O)NN)c1ccccc1. The average molecular weight is 253 g/mol. The molecule has 1 unspecified atom stereocenters. The van der Waals surface area contributed by atoms with Gasteiger partial charge in [0.05, 0.1) is 0 Å². The number of amides is 1. The molecule has 0 fully saturated rings. The number of hydrogen-bond acceptors (Lipinski definition) is 4. The Kier molecular flexibility index (Phi) is 4.99. The van der Waals surface area contributed by atoms with E-state index in [1.54, 1.807) is 0 Å². The third-order valence-corrected chi connectivity index (χ3v) is 3.83. The molecule has 1 rings (SSSR count). The van der Waals surface area contributed by atoms with Crippen molar-refractivity contribution >= 4 is 17.7 Å². The third-order valence-electron chi connectivity index (χ3n) is 2.10. The molecule has 0 aliphatic carbocycles. The highest BCUT2D eigenvalue weighted by Gasteiger charge is 2.23. The molecule has 0 aromatic heterocycles. The van der Waals surface area contributed by atoms with Gasteiger partial charge < -0.3 is 5.73 Å². The van der Waals surface area contributed by atoms with Gasteiger partial charge in [0, 0.05) is 11.3 Å². The van der Waals surface area contributed by atoms with Gasteiger partial charge in [-0.3, -0.25) is 10.2 Å². The van der Waals surface area contributed by atoms with E-state index in [0.717, 1.165) is 5.56 Å². The Labute approximate surface area is 106 Å². The van der Waals surface area contributed by atoms with Crippen LogP contribution < -0.4 is 17.0 Å². The Morgan fingerprint density at radius 1 is 1.41 bits per heavy atom. The van der Waals surface area contributed by atoms with Crippen LogP contribution in [0.15, 0.2) is 30.3 Å². The van der Waals surface area contributed by atoms with Crippen LogP contribution in [0, 0.1) is 0 Å². The summed E-state index contributed by atoms with van der Waals surface area (Å²) in [5.41, 5.74) is 8.74. The molecule has 0 aliphatic rings. The average Bonchev–Trinajstić information content (AvgIpc) is 2.29. The highest BCUT2D eigenvalue weighted by atomic mass is 32.2. The molecule has 1 aromatic rings. The van der Waals surface area contributed by atoms with Gasteiger partial charge in [0.15, 0.2) is 0 Å². The first-order valence-corrected chi connectivity index (χ1v) is 6.45. The summed E-state index contributed by atoms with van der Waals surface area (Å²) in [5.74, 6) is 5.68. The summed E-state index contributed by atoms with van der Waals surface area (Å²) in [7, 11) is 0. The predicted molar refractivity (Wildman–Crippen MR) is 72.2 cm³/mol. The molecule has 0 spiro atoms. The van der Waals surface area contributed by atoms with Crippen LogP contribution in [0.1, 0.15) is 24.7 Å². The van der Waals surface area contributed by atoms with Crippen LogP contribution in [0.3, 0.4) is 0 Å². The fourth-order valence-electron chi connectivity index (χ4n) is 1.32. The molecule has 1 aromatic carbocycles. The quantitative estimate of drug-likeness (QED) is 0.418. The van der Waals surface area contributed by atoms with Crippen molar-refractivity contribution in [2.45, 2.75) is 24.6 Å². The maximum atomic E-state index is 11.7. The summed E-state index contributed by atoms with van der Waals surface area (Å²) >= 11 is 1.50. The molecule has 0 aliphatic heterocycles. The van der Waals surface area contributed by atoms with Crippen LogP contribution in [0.4, 0.5) is 0 Å². The van der Waals surface area contributed by atoms with Crippen LogP contribution in [-0.2, 0) is 4.79 Å². The van der Waals surface area contributed by atoms with Crippen molar-refractivity contribution in [3.8, 4) is 0 Å². The van der Waals surface area contributed by atoms with Crippen molar-refractivity contribution in [3.05, 3.63) is 35.9 Å². The van der Waals surface area contributed by atoms with E-state index in [2.05, 4.69) is 5.43 Å². The maximum absolute atomic E-state index is 11.7. The van der Waals surface area contributed by atoms with Crippen LogP contribution in [0.5, 0.6) is 0 Å². The van der Waals surface area contributed by atoms with Gasteiger partial charge in [-0.2, -0.15) is 0 Å². The summed E-state index contributed by atoms with van der Waals surface area (Å²) < 4.78 is 0. The zero-order valence-electron chi connectivity index (χ0n) is 10.1. The third kappa shape index (κ3) is 4.77. The Bertz CT molecular complexity index is 362. The number of nitrogens with two attached hydrogens (primary N) is 2. The zero-order chi connectivity index (χ0) is 12.9. The molecule has 4 nitrogen and oxygen atoms in total. The van der Waals surface area contributed by atoms with E-state index in [1.807, 2.05) is 44.2 Å². The highest BCUT2D eigenvalue weighted by Crippen LogP contribution is 2.30. The predicted octanol–water partition coefficient (Wildman–Crippen LogP) is 1.19. The van der Waals surface area contributed by atoms with Crippen LogP contribution in [0.25, 0.3) is 0 Å². The minimum absolute atomic E-state index is 0.203. The van der Waals surface area contributed by atoms with Crippen LogP contribution in [0.2, 0.25) is 0 Å². The first-order valence-electron chi connectivity index (χ1n) is 5.40. The number of benzene rings is 1. The molecule has 0 bridgehead atoms. The van der Waals surface area contributed by atoms with Crippen molar-refractivity contribution in [2.24, 2.45) is 11.6 Å². The molecular weight excluding hydrogens is 234 g/mol. The Morgan fingerprint density at radius 3 is 2.47 bits per heavy atom. The van der Waals surface area contributed by atoms with Crippen molar-refractivity contribution < 1.29 is 4.79 Å². The smallest absolute Gasteiger partial charge is 0.251 e. The molecule has 0 radical (unpaired) electrons. The second-order valence-electron chi connectivity index (χ2n) is 4.60. The summed E-state index contributed by atoms with van der Waals surface area (Å²) in [6.07, 6.45) is 0.